The number of carbonyl (C=O) groups is 1. The summed E-state index contributed by atoms with van der Waals surface area (Å²) >= 11 is 0. The normalized spacial score (nSPS) is 11.1. The minimum absolute atomic E-state index is 0.224. The van der Waals surface area contributed by atoms with Gasteiger partial charge in [0.1, 0.15) is 22.6 Å². The Morgan fingerprint density at radius 1 is 1.07 bits per heavy atom. The Kier molecular flexibility index (Phi) is 5.52. The van der Waals surface area contributed by atoms with Crippen molar-refractivity contribution in [3.05, 3.63) is 54.1 Å². The summed E-state index contributed by atoms with van der Waals surface area (Å²) in [6.07, 6.45) is 2.03. The van der Waals surface area contributed by atoms with Crippen LogP contribution in [0.4, 0.5) is 5.82 Å². The number of hydrogen-bond acceptors (Lipinski definition) is 6. The van der Waals surface area contributed by atoms with Gasteiger partial charge in [-0.25, -0.2) is 14.8 Å². The van der Waals surface area contributed by atoms with Crippen molar-refractivity contribution in [3.63, 3.8) is 0 Å². The molecule has 2 N–H and O–H groups in total. The smallest absolute Gasteiger partial charge is 0.344 e. The van der Waals surface area contributed by atoms with E-state index >= 15 is 0 Å². The van der Waals surface area contributed by atoms with Crippen molar-refractivity contribution in [2.75, 3.05) is 18.9 Å². The number of para-hydroxylation sites is 2. The molecule has 0 atom stereocenters. The lowest BCUT2D eigenvalue weighted by molar-refractivity contribution is 0.0529. The zero-order valence-corrected chi connectivity index (χ0v) is 17.1. The molecule has 0 amide bonds. The van der Waals surface area contributed by atoms with Crippen molar-refractivity contribution in [2.45, 2.75) is 26.7 Å². The highest BCUT2D eigenvalue weighted by atomic mass is 16.5. The van der Waals surface area contributed by atoms with E-state index in [4.69, 9.17) is 20.2 Å². The van der Waals surface area contributed by atoms with Crippen LogP contribution >= 0.6 is 0 Å². The Morgan fingerprint density at radius 3 is 2.57 bits per heavy atom. The fraction of sp³-hybridized carbons (Fsp3) is 0.261. The van der Waals surface area contributed by atoms with E-state index in [1.165, 1.54) is 0 Å². The summed E-state index contributed by atoms with van der Waals surface area (Å²) in [7, 11) is 0. The van der Waals surface area contributed by atoms with Gasteiger partial charge in [-0.3, -0.25) is 4.57 Å². The first-order chi connectivity index (χ1) is 14.6. The van der Waals surface area contributed by atoms with Gasteiger partial charge in [0.05, 0.1) is 29.9 Å². The highest BCUT2D eigenvalue weighted by molar-refractivity contribution is 6.09. The average Bonchev–Trinajstić information content (AvgIpc) is 3.03. The third-order valence-corrected chi connectivity index (χ3v) is 4.82. The van der Waals surface area contributed by atoms with E-state index in [1.54, 1.807) is 11.5 Å². The highest BCUT2D eigenvalue weighted by Crippen LogP contribution is 2.32. The number of nitrogen functional groups attached to an aromatic ring is 1. The third kappa shape index (κ3) is 3.54. The number of ether oxygens (including phenoxy) is 2. The summed E-state index contributed by atoms with van der Waals surface area (Å²) in [5, 5.41) is 0. The number of nitrogens with two attached hydrogens (primary N) is 1. The number of unbranched alkanes of at least 4 members (excludes halogenated alkanes) is 1. The summed E-state index contributed by atoms with van der Waals surface area (Å²) < 4.78 is 12.8. The quantitative estimate of drug-likeness (QED) is 0.360. The van der Waals surface area contributed by atoms with Gasteiger partial charge < -0.3 is 15.2 Å². The maximum absolute atomic E-state index is 12.7. The van der Waals surface area contributed by atoms with Crippen molar-refractivity contribution in [2.24, 2.45) is 0 Å². The lowest BCUT2D eigenvalue weighted by Crippen LogP contribution is -2.09. The van der Waals surface area contributed by atoms with Crippen molar-refractivity contribution in [1.82, 2.24) is 14.5 Å². The van der Waals surface area contributed by atoms with Gasteiger partial charge in [-0.15, -0.1) is 0 Å². The molecule has 0 aliphatic rings. The molecule has 0 unspecified atom stereocenters. The molecule has 7 nitrogen and oxygen atoms in total. The van der Waals surface area contributed by atoms with Crippen LogP contribution in [0.5, 0.6) is 5.75 Å². The zero-order valence-electron chi connectivity index (χ0n) is 17.1. The molecule has 0 saturated heterocycles. The van der Waals surface area contributed by atoms with Gasteiger partial charge >= 0.3 is 5.97 Å². The van der Waals surface area contributed by atoms with Crippen LogP contribution in [-0.4, -0.2) is 33.7 Å². The van der Waals surface area contributed by atoms with Gasteiger partial charge in [0.15, 0.2) is 5.65 Å². The molecule has 7 heteroatoms. The van der Waals surface area contributed by atoms with Gasteiger partial charge in [0.2, 0.25) is 0 Å². The number of hydrogen-bond donors (Lipinski definition) is 1. The van der Waals surface area contributed by atoms with Crippen LogP contribution in [0.3, 0.4) is 0 Å². The second-order valence-corrected chi connectivity index (χ2v) is 6.90. The summed E-state index contributed by atoms with van der Waals surface area (Å²) in [5.74, 6) is 0.455. The number of anilines is 1. The first kappa shape index (κ1) is 19.7. The third-order valence-electron chi connectivity index (χ3n) is 4.82. The maximum Gasteiger partial charge on any atom is 0.344 e. The molecule has 0 spiro atoms. The van der Waals surface area contributed by atoms with Gasteiger partial charge in [-0.05, 0) is 37.6 Å². The van der Waals surface area contributed by atoms with E-state index in [9.17, 15) is 4.79 Å². The van der Waals surface area contributed by atoms with E-state index in [-0.39, 0.29) is 18.0 Å². The van der Waals surface area contributed by atoms with E-state index in [0.29, 0.717) is 23.3 Å². The molecule has 4 aromatic rings. The van der Waals surface area contributed by atoms with Crippen LogP contribution in [0.25, 0.3) is 27.9 Å². The largest absolute Gasteiger partial charge is 0.494 e. The van der Waals surface area contributed by atoms with Gasteiger partial charge in [0, 0.05) is 6.07 Å². The number of fused-ring (bicyclic) bond motifs is 2. The standard InChI is InChI=1S/C23H24N4O3/c1-3-5-13-30-16-10-8-9-15(14-16)27-21(24)19(23(28)29-4-2)20-22(27)26-18-12-7-6-11-17(18)25-20/h6-12,14H,3-5,13,24H2,1-2H3. The van der Waals surface area contributed by atoms with Crippen molar-refractivity contribution >= 4 is 34.0 Å². The fourth-order valence-electron chi connectivity index (χ4n) is 3.37. The Morgan fingerprint density at radius 2 is 1.83 bits per heavy atom. The summed E-state index contributed by atoms with van der Waals surface area (Å²) in [5.41, 5.74) is 9.74. The Hall–Kier alpha value is -3.61. The summed E-state index contributed by atoms with van der Waals surface area (Å²) in [6, 6.07) is 15.1. The minimum Gasteiger partial charge on any atom is -0.494 e. The van der Waals surface area contributed by atoms with Crippen LogP contribution in [-0.2, 0) is 4.74 Å². The second-order valence-electron chi connectivity index (χ2n) is 6.90. The predicted octanol–water partition coefficient (Wildman–Crippen LogP) is 4.51. The molecular formula is C23H24N4O3. The molecular weight excluding hydrogens is 380 g/mol. The molecule has 154 valence electrons. The SMILES string of the molecule is CCCCOc1cccc(-n2c(N)c(C(=O)OCC)c3nc4ccccc4nc32)c1. The lowest BCUT2D eigenvalue weighted by atomic mass is 10.2. The Balaban J connectivity index is 1.93. The number of aromatic nitrogens is 3. The van der Waals surface area contributed by atoms with E-state index in [1.807, 2.05) is 48.5 Å². The van der Waals surface area contributed by atoms with Gasteiger partial charge in [0.25, 0.3) is 0 Å². The Labute approximate surface area is 174 Å². The van der Waals surface area contributed by atoms with Crippen LogP contribution in [0.15, 0.2) is 48.5 Å². The number of esters is 1. The molecule has 0 saturated carbocycles. The topological polar surface area (TPSA) is 92.3 Å². The maximum atomic E-state index is 12.7. The lowest BCUT2D eigenvalue weighted by Gasteiger charge is -2.11. The number of carbonyl (C=O) groups excluding carboxylic acids is 1. The molecule has 4 rings (SSSR count). The van der Waals surface area contributed by atoms with Crippen LogP contribution < -0.4 is 10.5 Å². The Bertz CT molecular complexity index is 1220. The summed E-state index contributed by atoms with van der Waals surface area (Å²) in [4.78, 5) is 22.1. The molecule has 30 heavy (non-hydrogen) atoms. The number of rotatable bonds is 7. The first-order valence-corrected chi connectivity index (χ1v) is 10.1. The van der Waals surface area contributed by atoms with Crippen molar-refractivity contribution < 1.29 is 14.3 Å². The fourth-order valence-corrected chi connectivity index (χ4v) is 3.37. The zero-order chi connectivity index (χ0) is 21.1. The van der Waals surface area contributed by atoms with Gasteiger partial charge in [-0.1, -0.05) is 31.5 Å². The molecule has 0 fully saturated rings. The van der Waals surface area contributed by atoms with Crippen molar-refractivity contribution in [3.8, 4) is 11.4 Å². The molecule has 0 bridgehead atoms. The molecule has 2 heterocycles. The average molecular weight is 404 g/mol. The minimum atomic E-state index is -0.515. The second kappa shape index (κ2) is 8.41. The molecule has 0 radical (unpaired) electrons. The van der Waals surface area contributed by atoms with Crippen LogP contribution in [0, 0.1) is 0 Å². The molecule has 2 aromatic heterocycles. The van der Waals surface area contributed by atoms with Crippen molar-refractivity contribution in [1.29, 1.82) is 0 Å². The van der Waals surface area contributed by atoms with Gasteiger partial charge in [-0.2, -0.15) is 0 Å². The highest BCUT2D eigenvalue weighted by Gasteiger charge is 2.25. The van der Waals surface area contributed by atoms with Crippen LogP contribution in [0.1, 0.15) is 37.0 Å². The van der Waals surface area contributed by atoms with E-state index < -0.39 is 5.97 Å². The van der Waals surface area contributed by atoms with E-state index in [0.717, 1.165) is 29.8 Å². The van der Waals surface area contributed by atoms with Crippen LogP contribution in [0.2, 0.25) is 0 Å². The predicted molar refractivity (Wildman–Crippen MR) is 117 cm³/mol. The monoisotopic (exact) mass is 404 g/mol. The van der Waals surface area contributed by atoms with E-state index in [2.05, 4.69) is 11.9 Å². The number of benzene rings is 2. The molecule has 2 aromatic carbocycles. The summed E-state index contributed by atoms with van der Waals surface area (Å²) in [6.45, 7) is 4.75. The molecule has 0 aliphatic carbocycles. The number of nitrogens with zero attached hydrogens (tertiary/aromatic N) is 3. The first-order valence-electron chi connectivity index (χ1n) is 10.1. The molecule has 0 aliphatic heterocycles.